The van der Waals surface area contributed by atoms with Crippen LogP contribution >= 0.6 is 0 Å². The van der Waals surface area contributed by atoms with Gasteiger partial charge in [0.1, 0.15) is 0 Å². The Balaban J connectivity index is 1.29. The van der Waals surface area contributed by atoms with Crippen LogP contribution in [0.1, 0.15) is 43.2 Å². The molecule has 0 spiro atoms. The van der Waals surface area contributed by atoms with Crippen molar-refractivity contribution >= 4 is 21.8 Å². The quantitative estimate of drug-likeness (QED) is 0.444. The van der Waals surface area contributed by atoms with E-state index in [0.717, 1.165) is 25.9 Å². The lowest BCUT2D eigenvalue weighted by atomic mass is 9.99. The molecule has 2 aromatic heterocycles. The van der Waals surface area contributed by atoms with Crippen LogP contribution in [0.4, 0.5) is 0 Å². The van der Waals surface area contributed by atoms with Crippen molar-refractivity contribution in [2.75, 3.05) is 6.54 Å². The van der Waals surface area contributed by atoms with Gasteiger partial charge in [0.05, 0.1) is 12.7 Å². The third kappa shape index (κ3) is 3.66. The first-order chi connectivity index (χ1) is 14.6. The summed E-state index contributed by atoms with van der Waals surface area (Å²) in [5.41, 5.74) is 8.00. The molecule has 0 saturated heterocycles. The Morgan fingerprint density at radius 3 is 2.77 bits per heavy atom. The fraction of sp³-hybridized carbons (Fsp3) is 0.385. The van der Waals surface area contributed by atoms with Crippen molar-refractivity contribution in [2.45, 2.75) is 58.9 Å². The summed E-state index contributed by atoms with van der Waals surface area (Å²) >= 11 is 0. The second kappa shape index (κ2) is 7.93. The molecule has 3 heterocycles. The molecule has 4 aromatic rings. The fourth-order valence-electron chi connectivity index (χ4n) is 4.80. The molecule has 4 nitrogen and oxygen atoms in total. The van der Waals surface area contributed by atoms with Crippen LogP contribution in [0.3, 0.4) is 0 Å². The van der Waals surface area contributed by atoms with Crippen molar-refractivity contribution in [3.8, 4) is 0 Å². The first kappa shape index (κ1) is 19.4. The van der Waals surface area contributed by atoms with Crippen molar-refractivity contribution in [2.24, 2.45) is 0 Å². The summed E-state index contributed by atoms with van der Waals surface area (Å²) in [4.78, 5) is 9.70. The summed E-state index contributed by atoms with van der Waals surface area (Å²) in [5, 5.41) is 2.67. The summed E-state index contributed by atoms with van der Waals surface area (Å²) in [7, 11) is 0. The van der Waals surface area contributed by atoms with E-state index in [9.17, 15) is 0 Å². The highest BCUT2D eigenvalue weighted by Crippen LogP contribution is 2.29. The predicted octanol–water partition coefficient (Wildman–Crippen LogP) is 5.56. The average Bonchev–Trinajstić information content (AvgIpc) is 3.32. The molecule has 4 heteroatoms. The van der Waals surface area contributed by atoms with Gasteiger partial charge >= 0.3 is 0 Å². The van der Waals surface area contributed by atoms with Gasteiger partial charge in [0, 0.05) is 58.4 Å². The summed E-state index contributed by atoms with van der Waals surface area (Å²) in [6.45, 7) is 9.30. The minimum Gasteiger partial charge on any atom is -0.374 e. The molecule has 1 aliphatic rings. The number of H-pyrrole nitrogens is 2. The molecule has 0 fully saturated rings. The second-order valence-corrected chi connectivity index (χ2v) is 8.95. The van der Waals surface area contributed by atoms with Gasteiger partial charge in [-0.25, -0.2) is 0 Å². The second-order valence-electron chi connectivity index (χ2n) is 8.95. The van der Waals surface area contributed by atoms with E-state index in [2.05, 4.69) is 84.3 Å². The fourth-order valence-corrected chi connectivity index (χ4v) is 4.80. The maximum atomic E-state index is 5.79. The number of fused-ring (bicyclic) bond motifs is 4. The number of benzene rings is 2. The lowest BCUT2D eigenvalue weighted by Crippen LogP contribution is -2.38. The number of hydrogen-bond donors (Lipinski definition) is 2. The zero-order chi connectivity index (χ0) is 20.7. The first-order valence-electron chi connectivity index (χ1n) is 11.1. The smallest absolute Gasteiger partial charge is 0.0741 e. The van der Waals surface area contributed by atoms with Crippen LogP contribution in [0.2, 0.25) is 0 Å². The largest absolute Gasteiger partial charge is 0.374 e. The number of ether oxygens (including phenoxy) is 1. The number of nitrogens with one attached hydrogen (secondary N) is 2. The third-order valence-corrected chi connectivity index (χ3v) is 6.47. The van der Waals surface area contributed by atoms with Crippen LogP contribution in [0.15, 0.2) is 48.7 Å². The molecule has 1 atom stereocenters. The van der Waals surface area contributed by atoms with E-state index in [0.29, 0.717) is 12.6 Å². The molecule has 0 unspecified atom stereocenters. The monoisotopic (exact) mass is 401 g/mol. The molecule has 0 radical (unpaired) electrons. The van der Waals surface area contributed by atoms with Crippen molar-refractivity contribution in [3.05, 3.63) is 71.0 Å². The number of nitrogens with zero attached hydrogens (tertiary/aromatic N) is 1. The summed E-state index contributed by atoms with van der Waals surface area (Å²) in [6.07, 6.45) is 4.51. The summed E-state index contributed by atoms with van der Waals surface area (Å²) in [6, 6.07) is 16.0. The molecule has 2 N–H and O–H groups in total. The molecular formula is C26H31N3O. The van der Waals surface area contributed by atoms with Gasteiger partial charge in [-0.3, -0.25) is 4.90 Å². The van der Waals surface area contributed by atoms with Gasteiger partial charge in [-0.05, 0) is 56.9 Å². The molecule has 1 aliphatic heterocycles. The van der Waals surface area contributed by atoms with Crippen LogP contribution in [0.25, 0.3) is 21.8 Å². The maximum Gasteiger partial charge on any atom is 0.0741 e. The Kier molecular flexibility index (Phi) is 5.13. The summed E-state index contributed by atoms with van der Waals surface area (Å²) < 4.78 is 5.79. The van der Waals surface area contributed by atoms with E-state index >= 15 is 0 Å². The zero-order valence-corrected chi connectivity index (χ0v) is 18.2. The molecule has 0 amide bonds. The van der Waals surface area contributed by atoms with E-state index in [1.807, 2.05) is 0 Å². The number of rotatable bonds is 6. The SMILES string of the molecule is CC(C)OCc1c[nH]c2cc(C[C@@H](C)N3CCc4c([nH]c5ccccc45)C3)ccc12. The van der Waals surface area contributed by atoms with Crippen LogP contribution in [0, 0.1) is 0 Å². The van der Waals surface area contributed by atoms with E-state index < -0.39 is 0 Å². The van der Waals surface area contributed by atoms with Crippen LogP contribution in [-0.4, -0.2) is 33.6 Å². The van der Waals surface area contributed by atoms with Crippen LogP contribution in [-0.2, 0) is 30.7 Å². The minimum absolute atomic E-state index is 0.248. The predicted molar refractivity (Wildman–Crippen MR) is 124 cm³/mol. The summed E-state index contributed by atoms with van der Waals surface area (Å²) in [5.74, 6) is 0. The molecular weight excluding hydrogens is 370 g/mol. The van der Waals surface area contributed by atoms with Crippen molar-refractivity contribution in [1.82, 2.24) is 14.9 Å². The van der Waals surface area contributed by atoms with Crippen LogP contribution in [0.5, 0.6) is 0 Å². The highest BCUT2D eigenvalue weighted by atomic mass is 16.5. The Hall–Kier alpha value is -2.56. The van der Waals surface area contributed by atoms with Gasteiger partial charge in [-0.2, -0.15) is 0 Å². The minimum atomic E-state index is 0.248. The third-order valence-electron chi connectivity index (χ3n) is 6.47. The van der Waals surface area contributed by atoms with Crippen molar-refractivity contribution in [3.63, 3.8) is 0 Å². The number of aromatic nitrogens is 2. The van der Waals surface area contributed by atoms with Crippen molar-refractivity contribution < 1.29 is 4.74 Å². The van der Waals surface area contributed by atoms with E-state index in [-0.39, 0.29) is 6.10 Å². The van der Waals surface area contributed by atoms with Crippen LogP contribution < -0.4 is 0 Å². The Labute approximate surface area is 178 Å². The van der Waals surface area contributed by atoms with E-state index in [1.165, 1.54) is 44.2 Å². The highest BCUT2D eigenvalue weighted by Gasteiger charge is 2.24. The Morgan fingerprint density at radius 2 is 1.90 bits per heavy atom. The van der Waals surface area contributed by atoms with E-state index in [1.54, 1.807) is 0 Å². The molecule has 0 bridgehead atoms. The number of hydrogen-bond acceptors (Lipinski definition) is 2. The zero-order valence-electron chi connectivity index (χ0n) is 18.2. The molecule has 5 rings (SSSR count). The molecule has 0 aliphatic carbocycles. The van der Waals surface area contributed by atoms with Gasteiger partial charge < -0.3 is 14.7 Å². The molecule has 0 saturated carbocycles. The topological polar surface area (TPSA) is 44.0 Å². The lowest BCUT2D eigenvalue weighted by Gasteiger charge is -2.32. The van der Waals surface area contributed by atoms with Gasteiger partial charge in [-0.15, -0.1) is 0 Å². The number of para-hydroxylation sites is 1. The highest BCUT2D eigenvalue weighted by molar-refractivity contribution is 5.85. The van der Waals surface area contributed by atoms with Gasteiger partial charge in [0.15, 0.2) is 0 Å². The van der Waals surface area contributed by atoms with E-state index in [4.69, 9.17) is 4.74 Å². The standard InChI is InChI=1S/C26H31N3O/c1-17(2)30-16-20-14-27-25-13-19(8-9-21(20)25)12-18(3)29-11-10-23-22-6-4-5-7-24(22)28-26(23)15-29/h4-9,13-14,17-18,27-28H,10-12,15-16H2,1-3H3/t18-/m1/s1. The van der Waals surface area contributed by atoms with Gasteiger partial charge in [0.2, 0.25) is 0 Å². The van der Waals surface area contributed by atoms with Crippen molar-refractivity contribution in [1.29, 1.82) is 0 Å². The molecule has 156 valence electrons. The lowest BCUT2D eigenvalue weighted by molar-refractivity contribution is 0.0664. The number of aromatic amines is 2. The van der Waals surface area contributed by atoms with Gasteiger partial charge in [-0.1, -0.05) is 30.3 Å². The normalized spacial score (nSPS) is 15.9. The van der Waals surface area contributed by atoms with Gasteiger partial charge in [0.25, 0.3) is 0 Å². The maximum absolute atomic E-state index is 5.79. The molecule has 2 aromatic carbocycles. The molecule has 30 heavy (non-hydrogen) atoms. The first-order valence-corrected chi connectivity index (χ1v) is 11.1. The Bertz CT molecular complexity index is 1170. The Morgan fingerprint density at radius 1 is 1.03 bits per heavy atom. The average molecular weight is 402 g/mol.